The van der Waals surface area contributed by atoms with E-state index in [1.54, 1.807) is 18.2 Å². The van der Waals surface area contributed by atoms with Crippen LogP contribution in [0.2, 0.25) is 0 Å². The zero-order valence-corrected chi connectivity index (χ0v) is 6.96. The molecule has 0 spiro atoms. The predicted molar refractivity (Wildman–Crippen MR) is 22.9 cm³/mol. The molecule has 0 bridgehead atoms. The molecule has 0 aromatic heterocycles. The fourth-order valence-electron chi connectivity index (χ4n) is 0.269. The number of hydrogen-bond donors (Lipinski definition) is 0. The third-order valence-electron chi connectivity index (χ3n) is 0.500. The summed E-state index contributed by atoms with van der Waals surface area (Å²) in [5, 5.41) is 0. The van der Waals surface area contributed by atoms with Gasteiger partial charge in [-0.2, -0.15) is 0 Å². The number of rotatable bonds is 0. The summed E-state index contributed by atoms with van der Waals surface area (Å²) in [6.07, 6.45) is 0. The topological polar surface area (TPSA) is 0 Å². The van der Waals surface area contributed by atoms with Crippen LogP contribution in [-0.4, -0.2) is 0 Å². The van der Waals surface area contributed by atoms with E-state index >= 15 is 0 Å². The molecule has 0 nitrogen and oxygen atoms in total. The zero-order valence-electron chi connectivity index (χ0n) is 4.14. The molecule has 0 aliphatic carbocycles. The van der Waals surface area contributed by atoms with Crippen molar-refractivity contribution in [2.45, 2.75) is 0 Å². The van der Waals surface area contributed by atoms with Crippen molar-refractivity contribution in [2.24, 2.45) is 0 Å². The van der Waals surface area contributed by atoms with Gasteiger partial charge in [0.25, 0.3) is 0 Å². The molecule has 60 valence electrons. The number of hydrogen-bond acceptors (Lipinski definition) is 0. The Hall–Kier alpha value is 0.778. The summed E-state index contributed by atoms with van der Waals surface area (Å²) in [5.74, 6) is 0. The van der Waals surface area contributed by atoms with E-state index in [4.69, 9.17) is 0 Å². The molecule has 0 aliphatic rings. The maximum absolute atomic E-state index is 2.78. The van der Waals surface area contributed by atoms with Gasteiger partial charge in [0, 0.05) is 0 Å². The molecule has 3 heteroatoms. The normalized spacial score (nSPS) is 5.33. The fourth-order valence-corrected chi connectivity index (χ4v) is 0.269. The molecule has 0 unspecified atom stereocenters. The molecule has 9 heavy (non-hydrogen) atoms. The van der Waals surface area contributed by atoms with Gasteiger partial charge in [-0.15, -0.1) is 0 Å². The second kappa shape index (κ2) is 11.6. The van der Waals surface area contributed by atoms with E-state index in [0.29, 0.717) is 0 Å². The van der Waals surface area contributed by atoms with Crippen LogP contribution in [0.5, 0.6) is 0 Å². The Bertz CT molecular complexity index is 80.2. The first-order valence-electron chi connectivity index (χ1n) is 1.73. The first kappa shape index (κ1) is 16.4. The van der Waals surface area contributed by atoms with Crippen LogP contribution in [0, 0.1) is 18.2 Å². The van der Waals surface area contributed by atoms with E-state index in [1.807, 2.05) is 0 Å². The Morgan fingerprint density at radius 2 is 0.778 bits per heavy atom. The Balaban J connectivity index is -0.000000120. The van der Waals surface area contributed by atoms with E-state index in [2.05, 4.69) is 18.2 Å². The van der Waals surface area contributed by atoms with Crippen LogP contribution in [0.25, 0.3) is 0 Å². The van der Waals surface area contributed by atoms with Gasteiger partial charge >= 0.3 is 51.2 Å². The molecule has 1 aromatic carbocycles. The van der Waals surface area contributed by atoms with E-state index in [1.165, 1.54) is 0 Å². The molecule has 0 saturated heterocycles. The summed E-state index contributed by atoms with van der Waals surface area (Å²) < 4.78 is 0. The SMILES string of the molecule is [Cu+].[Cu+].[Cu+].[c-]1c[c-]c[c-]c1. The van der Waals surface area contributed by atoms with Crippen molar-refractivity contribution in [3.8, 4) is 0 Å². The van der Waals surface area contributed by atoms with Crippen molar-refractivity contribution in [3.63, 3.8) is 0 Å². The molecule has 1 aromatic rings. The van der Waals surface area contributed by atoms with E-state index in [9.17, 15) is 0 Å². The molecule has 0 amide bonds. The maximum atomic E-state index is 2.78. The average molecular weight is 266 g/mol. The molecule has 0 N–H and O–H groups in total. The second-order valence-electron chi connectivity index (χ2n) is 0.933. The maximum Gasteiger partial charge on any atom is 1.00 e. The Morgan fingerprint density at radius 3 is 0.889 bits per heavy atom. The summed E-state index contributed by atoms with van der Waals surface area (Å²) >= 11 is 0. The van der Waals surface area contributed by atoms with Crippen molar-refractivity contribution in [1.29, 1.82) is 0 Å². The van der Waals surface area contributed by atoms with Crippen LogP contribution in [0.4, 0.5) is 0 Å². The first-order chi connectivity index (χ1) is 3.00. The van der Waals surface area contributed by atoms with Gasteiger partial charge in [-0.3, -0.25) is 0 Å². The predicted octanol–water partition coefficient (Wildman–Crippen LogP) is 1.08. The Morgan fingerprint density at radius 1 is 0.556 bits per heavy atom. The Labute approximate surface area is 87.2 Å². The molecule has 0 atom stereocenters. The molecule has 1 rings (SSSR count). The first-order valence-corrected chi connectivity index (χ1v) is 1.73. The summed E-state index contributed by atoms with van der Waals surface area (Å²) in [5.41, 5.74) is 0. The third kappa shape index (κ3) is 8.78. The molecule has 0 radical (unpaired) electrons. The smallest absolute Gasteiger partial charge is 0.545 e. The summed E-state index contributed by atoms with van der Waals surface area (Å²) in [4.78, 5) is 0. The van der Waals surface area contributed by atoms with Gasteiger partial charge in [-0.25, -0.2) is 0 Å². The van der Waals surface area contributed by atoms with Crippen molar-refractivity contribution in [2.75, 3.05) is 0 Å². The molecular weight excluding hydrogens is 263 g/mol. The largest absolute Gasteiger partial charge is 1.00 e. The summed E-state index contributed by atoms with van der Waals surface area (Å²) in [7, 11) is 0. The average Bonchev–Trinajstić information content (AvgIpc) is 1.72. The summed E-state index contributed by atoms with van der Waals surface area (Å²) in [6, 6.07) is 13.5. The summed E-state index contributed by atoms with van der Waals surface area (Å²) in [6.45, 7) is 0. The second-order valence-corrected chi connectivity index (χ2v) is 0.933. The Kier molecular flexibility index (Phi) is 21.1. The molecular formula is C6H3Cu3. The van der Waals surface area contributed by atoms with Crippen molar-refractivity contribution in [3.05, 3.63) is 36.4 Å². The van der Waals surface area contributed by atoms with E-state index < -0.39 is 0 Å². The van der Waals surface area contributed by atoms with Gasteiger partial charge in [0.1, 0.15) is 0 Å². The minimum absolute atomic E-state index is 0. The quantitative estimate of drug-likeness (QED) is 0.487. The van der Waals surface area contributed by atoms with Crippen molar-refractivity contribution >= 4 is 0 Å². The van der Waals surface area contributed by atoms with Crippen molar-refractivity contribution < 1.29 is 51.2 Å². The van der Waals surface area contributed by atoms with Crippen LogP contribution in [0.15, 0.2) is 18.2 Å². The molecule has 0 fully saturated rings. The van der Waals surface area contributed by atoms with Crippen LogP contribution < -0.4 is 0 Å². The minimum atomic E-state index is 0. The van der Waals surface area contributed by atoms with Crippen LogP contribution >= 0.6 is 0 Å². The van der Waals surface area contributed by atoms with E-state index in [0.717, 1.165) is 0 Å². The van der Waals surface area contributed by atoms with Gasteiger partial charge in [0.05, 0.1) is 0 Å². The minimum Gasteiger partial charge on any atom is -0.545 e. The van der Waals surface area contributed by atoms with Gasteiger partial charge in [-0.1, -0.05) is 0 Å². The van der Waals surface area contributed by atoms with Crippen LogP contribution in [0.1, 0.15) is 0 Å². The van der Waals surface area contributed by atoms with Gasteiger partial charge < -0.3 is 36.4 Å². The molecule has 0 heterocycles. The van der Waals surface area contributed by atoms with Crippen molar-refractivity contribution in [1.82, 2.24) is 0 Å². The van der Waals surface area contributed by atoms with Crippen LogP contribution in [-0.2, 0) is 51.2 Å². The standard InChI is InChI=1S/C6H3.3Cu/c1-2-4-6-5-3-1;;;/h1,4-5H;;;/q-3;3*+1. The zero-order chi connectivity index (χ0) is 4.24. The third-order valence-corrected chi connectivity index (χ3v) is 0.500. The van der Waals surface area contributed by atoms with Gasteiger partial charge in [-0.05, 0) is 0 Å². The monoisotopic (exact) mass is 264 g/mol. The molecule has 0 saturated carbocycles. The van der Waals surface area contributed by atoms with Crippen LogP contribution in [0.3, 0.4) is 0 Å². The van der Waals surface area contributed by atoms with Gasteiger partial charge in [0.2, 0.25) is 0 Å². The fraction of sp³-hybridized carbons (Fsp3) is 0. The molecule has 0 aliphatic heterocycles. The van der Waals surface area contributed by atoms with E-state index in [-0.39, 0.29) is 51.2 Å². The van der Waals surface area contributed by atoms with Gasteiger partial charge in [0.15, 0.2) is 0 Å². The number of benzene rings is 1.